The van der Waals surface area contributed by atoms with Crippen molar-refractivity contribution in [3.05, 3.63) is 77.9 Å². The monoisotopic (exact) mass is 593 g/mol. The Morgan fingerprint density at radius 3 is 2.18 bits per heavy atom. The largest absolute Gasteiger partial charge is 0.479 e. The highest BCUT2D eigenvalue weighted by molar-refractivity contribution is 6.06. The molecule has 9 nitrogen and oxygen atoms in total. The molecule has 1 fully saturated rings. The first-order valence-corrected chi connectivity index (χ1v) is 15.4. The maximum atomic E-state index is 13.5. The van der Waals surface area contributed by atoms with E-state index in [1.807, 2.05) is 67.6 Å². The van der Waals surface area contributed by atoms with E-state index in [0.717, 1.165) is 71.2 Å². The van der Waals surface area contributed by atoms with E-state index in [9.17, 15) is 19.5 Å². The van der Waals surface area contributed by atoms with Crippen molar-refractivity contribution in [1.82, 2.24) is 4.90 Å². The zero-order valence-electron chi connectivity index (χ0n) is 25.4. The van der Waals surface area contributed by atoms with Crippen LogP contribution in [0.2, 0.25) is 0 Å². The van der Waals surface area contributed by atoms with Gasteiger partial charge in [-0.2, -0.15) is 5.11 Å². The number of aliphatic carboxylic acids is 1. The van der Waals surface area contributed by atoms with Gasteiger partial charge in [0.05, 0.1) is 0 Å². The lowest BCUT2D eigenvalue weighted by Crippen LogP contribution is -2.57. The molecular formula is C35H39N5O4. The maximum absolute atomic E-state index is 13.5. The van der Waals surface area contributed by atoms with Gasteiger partial charge in [0.25, 0.3) is 0 Å². The van der Waals surface area contributed by atoms with E-state index in [-0.39, 0.29) is 18.4 Å². The molecule has 0 spiro atoms. The number of hydrogen-bond acceptors (Lipinski definition) is 6. The topological polar surface area (TPSA) is 124 Å². The first-order chi connectivity index (χ1) is 21.3. The number of carbonyl (C=O) groups is 3. The minimum absolute atomic E-state index is 0.0932. The number of anilines is 1. The SMILES string of the molecule is CCCCC(=O)N(Cc1ccc(-c2cc(-c3ccc(NC(C)=O)cc3)ccc2C2=NCN=N2)cc1)C1(C(=O)O)CCCCC1. The normalized spacial score (nSPS) is 15.5. The highest BCUT2D eigenvalue weighted by Gasteiger charge is 2.46. The first kappa shape index (κ1) is 30.8. The summed E-state index contributed by atoms with van der Waals surface area (Å²) in [7, 11) is 0. The number of rotatable bonds is 11. The Morgan fingerprint density at radius 1 is 0.886 bits per heavy atom. The number of benzene rings is 3. The highest BCUT2D eigenvalue weighted by Crippen LogP contribution is 2.37. The molecular weight excluding hydrogens is 554 g/mol. The Hall–Kier alpha value is -4.66. The van der Waals surface area contributed by atoms with Crippen LogP contribution in [0.5, 0.6) is 0 Å². The number of carboxylic acids is 1. The van der Waals surface area contributed by atoms with Crippen molar-refractivity contribution in [1.29, 1.82) is 0 Å². The predicted octanol–water partition coefficient (Wildman–Crippen LogP) is 7.46. The van der Waals surface area contributed by atoms with Crippen LogP contribution in [0, 0.1) is 0 Å². The van der Waals surface area contributed by atoms with Gasteiger partial charge in [0.2, 0.25) is 11.8 Å². The summed E-state index contributed by atoms with van der Waals surface area (Å²) in [6.07, 6.45) is 5.53. The lowest BCUT2D eigenvalue weighted by molar-refractivity contribution is -0.163. The fourth-order valence-electron chi connectivity index (χ4n) is 6.12. The third-order valence-corrected chi connectivity index (χ3v) is 8.49. The predicted molar refractivity (Wildman–Crippen MR) is 171 cm³/mol. The number of aliphatic imine (C=N–C) groups is 1. The minimum Gasteiger partial charge on any atom is -0.479 e. The highest BCUT2D eigenvalue weighted by atomic mass is 16.4. The quantitative estimate of drug-likeness (QED) is 0.239. The Bertz CT molecular complexity index is 1570. The van der Waals surface area contributed by atoms with Crippen LogP contribution in [0.25, 0.3) is 22.3 Å². The summed E-state index contributed by atoms with van der Waals surface area (Å²) in [6.45, 7) is 4.07. The van der Waals surface area contributed by atoms with Gasteiger partial charge in [-0.25, -0.2) is 9.79 Å². The molecule has 1 heterocycles. The van der Waals surface area contributed by atoms with Gasteiger partial charge in [-0.1, -0.05) is 75.1 Å². The summed E-state index contributed by atoms with van der Waals surface area (Å²) in [5.74, 6) is -0.546. The standard InChI is InChI=1S/C35H39N5O4/c1-3-4-8-32(42)40(35(34(43)44)19-6-5-7-20-35)22-25-9-11-27(12-10-25)31-21-28(15-18-30(31)33-36-23-37-39-33)26-13-16-29(17-14-26)38-24(2)41/h9-18,21H,3-8,19-20,22-23H2,1-2H3,(H,38,41)(H,43,44). The second kappa shape index (κ2) is 13.8. The number of hydrogen-bond donors (Lipinski definition) is 2. The van der Waals surface area contributed by atoms with Crippen molar-refractivity contribution in [3.8, 4) is 22.3 Å². The molecule has 9 heteroatoms. The number of unbranched alkanes of at least 4 members (excludes halogenated alkanes) is 1. The average molecular weight is 594 g/mol. The minimum atomic E-state index is -1.16. The van der Waals surface area contributed by atoms with Crippen LogP contribution in [-0.2, 0) is 20.9 Å². The van der Waals surface area contributed by atoms with Crippen molar-refractivity contribution >= 4 is 29.3 Å². The van der Waals surface area contributed by atoms with Gasteiger partial charge in [0.1, 0.15) is 5.54 Å². The third kappa shape index (κ3) is 6.77. The first-order valence-electron chi connectivity index (χ1n) is 15.4. The van der Waals surface area contributed by atoms with E-state index >= 15 is 0 Å². The Balaban J connectivity index is 1.47. The van der Waals surface area contributed by atoms with Crippen molar-refractivity contribution in [2.75, 3.05) is 12.0 Å². The van der Waals surface area contributed by atoms with E-state index in [1.165, 1.54) is 6.92 Å². The molecule has 2 aliphatic rings. The second-order valence-corrected chi connectivity index (χ2v) is 11.6. The number of amides is 2. The number of amidine groups is 1. The fraction of sp³-hybridized carbons (Fsp3) is 0.371. The average Bonchev–Trinajstić information content (AvgIpc) is 3.58. The zero-order valence-corrected chi connectivity index (χ0v) is 25.4. The van der Waals surface area contributed by atoms with Gasteiger partial charge in [-0.15, -0.1) is 5.11 Å². The molecule has 0 atom stereocenters. The molecule has 0 bridgehead atoms. The molecule has 2 amide bonds. The molecule has 5 rings (SSSR count). The lowest BCUT2D eigenvalue weighted by atomic mass is 9.79. The second-order valence-electron chi connectivity index (χ2n) is 11.6. The lowest BCUT2D eigenvalue weighted by Gasteiger charge is -2.43. The van der Waals surface area contributed by atoms with Gasteiger partial charge in [0, 0.05) is 31.1 Å². The van der Waals surface area contributed by atoms with Gasteiger partial charge in [-0.3, -0.25) is 9.59 Å². The summed E-state index contributed by atoms with van der Waals surface area (Å²) in [6, 6.07) is 21.8. The number of azo groups is 1. The van der Waals surface area contributed by atoms with E-state index in [1.54, 1.807) is 4.90 Å². The van der Waals surface area contributed by atoms with E-state index in [4.69, 9.17) is 0 Å². The van der Waals surface area contributed by atoms with Gasteiger partial charge in [0.15, 0.2) is 12.5 Å². The van der Waals surface area contributed by atoms with Crippen LogP contribution in [-0.4, -0.2) is 45.8 Å². The molecule has 1 aliphatic carbocycles. The maximum Gasteiger partial charge on any atom is 0.329 e. The molecule has 0 unspecified atom stereocenters. The molecule has 0 saturated heterocycles. The molecule has 0 radical (unpaired) electrons. The summed E-state index contributed by atoms with van der Waals surface area (Å²) >= 11 is 0. The molecule has 3 aromatic rings. The molecule has 3 aromatic carbocycles. The van der Waals surface area contributed by atoms with Gasteiger partial charge in [-0.05, 0) is 71.3 Å². The van der Waals surface area contributed by atoms with Crippen molar-refractivity contribution in [2.24, 2.45) is 15.2 Å². The van der Waals surface area contributed by atoms with E-state index < -0.39 is 11.5 Å². The van der Waals surface area contributed by atoms with Crippen LogP contribution >= 0.6 is 0 Å². The Kier molecular flexibility index (Phi) is 9.62. The molecule has 2 N–H and O–H groups in total. The van der Waals surface area contributed by atoms with Crippen LogP contribution in [0.15, 0.2) is 82.0 Å². The molecule has 1 saturated carbocycles. The van der Waals surface area contributed by atoms with Crippen molar-refractivity contribution in [3.63, 3.8) is 0 Å². The number of nitrogens with zero attached hydrogens (tertiary/aromatic N) is 4. The summed E-state index contributed by atoms with van der Waals surface area (Å²) in [4.78, 5) is 43.6. The Morgan fingerprint density at radius 2 is 1.57 bits per heavy atom. The van der Waals surface area contributed by atoms with E-state index in [0.29, 0.717) is 31.8 Å². The van der Waals surface area contributed by atoms with Crippen LogP contribution in [0.3, 0.4) is 0 Å². The molecule has 228 valence electrons. The van der Waals surface area contributed by atoms with Crippen LogP contribution in [0.1, 0.15) is 76.3 Å². The summed E-state index contributed by atoms with van der Waals surface area (Å²) in [5.41, 5.74) is 5.18. The number of carbonyl (C=O) groups excluding carboxylic acids is 2. The smallest absolute Gasteiger partial charge is 0.329 e. The molecule has 44 heavy (non-hydrogen) atoms. The van der Waals surface area contributed by atoms with Crippen molar-refractivity contribution < 1.29 is 19.5 Å². The molecule has 1 aliphatic heterocycles. The van der Waals surface area contributed by atoms with E-state index in [2.05, 4.69) is 26.6 Å². The van der Waals surface area contributed by atoms with Crippen LogP contribution < -0.4 is 5.32 Å². The number of carboxylic acid groups (broad SMARTS) is 1. The molecule has 0 aromatic heterocycles. The Labute approximate surface area is 258 Å². The van der Waals surface area contributed by atoms with Crippen molar-refractivity contribution in [2.45, 2.75) is 77.3 Å². The summed E-state index contributed by atoms with van der Waals surface area (Å²) in [5, 5.41) is 21.5. The van der Waals surface area contributed by atoms with Gasteiger partial charge >= 0.3 is 5.97 Å². The third-order valence-electron chi connectivity index (χ3n) is 8.49. The summed E-state index contributed by atoms with van der Waals surface area (Å²) < 4.78 is 0. The zero-order chi connectivity index (χ0) is 31.1. The van der Waals surface area contributed by atoms with Gasteiger partial charge < -0.3 is 15.3 Å². The fourth-order valence-corrected chi connectivity index (χ4v) is 6.12. The number of nitrogens with one attached hydrogen (secondary N) is 1. The van der Waals surface area contributed by atoms with Crippen LogP contribution in [0.4, 0.5) is 5.69 Å².